The van der Waals surface area contributed by atoms with Gasteiger partial charge in [-0.3, -0.25) is 9.78 Å². The van der Waals surface area contributed by atoms with E-state index >= 15 is 0 Å². The third-order valence-corrected chi connectivity index (χ3v) is 3.26. The van der Waals surface area contributed by atoms with Crippen molar-refractivity contribution < 1.29 is 14.3 Å². The first kappa shape index (κ1) is 20.3. The van der Waals surface area contributed by atoms with Crippen molar-refractivity contribution in [3.05, 3.63) is 41.4 Å². The highest BCUT2D eigenvalue weighted by Crippen LogP contribution is 2.04. The molecule has 0 aliphatic rings. The standard InChI is InChI=1S/C17H25N5O3/c1-12-6-5-7-14(20-12)8-13(9-18)10-19-17(24)21-15(11-25-4)16(23)22(2)3/h5-7,9-10,15H,8,11,18H2,1-4H3,(H,21,24)/b13-9-,19-10+/t15-/m0/s1. The van der Waals surface area contributed by atoms with Gasteiger partial charge in [0.1, 0.15) is 6.04 Å². The minimum Gasteiger partial charge on any atom is -0.404 e. The fourth-order valence-electron chi connectivity index (χ4n) is 2.04. The molecule has 1 atom stereocenters. The van der Waals surface area contributed by atoms with E-state index in [2.05, 4.69) is 15.3 Å². The highest BCUT2D eigenvalue weighted by atomic mass is 16.5. The second-order valence-corrected chi connectivity index (χ2v) is 5.64. The van der Waals surface area contributed by atoms with Crippen LogP contribution in [0, 0.1) is 6.92 Å². The number of aliphatic imine (C=N–C) groups is 1. The maximum absolute atomic E-state index is 12.0. The van der Waals surface area contributed by atoms with Gasteiger partial charge in [-0.1, -0.05) is 6.07 Å². The first-order valence-corrected chi connectivity index (χ1v) is 7.75. The number of ether oxygens (including phenoxy) is 1. The topological polar surface area (TPSA) is 110 Å². The van der Waals surface area contributed by atoms with E-state index in [1.165, 1.54) is 24.4 Å². The van der Waals surface area contributed by atoms with Crippen molar-refractivity contribution in [3.8, 4) is 0 Å². The Hall–Kier alpha value is -2.74. The number of aryl methyl sites for hydroxylation is 1. The number of hydrogen-bond acceptors (Lipinski definition) is 5. The predicted molar refractivity (Wildman–Crippen MR) is 96.3 cm³/mol. The second-order valence-electron chi connectivity index (χ2n) is 5.64. The van der Waals surface area contributed by atoms with Crippen molar-refractivity contribution in [2.75, 3.05) is 27.8 Å². The number of aromatic nitrogens is 1. The monoisotopic (exact) mass is 347 g/mol. The zero-order chi connectivity index (χ0) is 18.8. The molecule has 0 aliphatic heterocycles. The zero-order valence-electron chi connectivity index (χ0n) is 15.0. The molecule has 25 heavy (non-hydrogen) atoms. The number of carbonyl (C=O) groups is 2. The van der Waals surface area contributed by atoms with Crippen LogP contribution in [-0.4, -0.2) is 61.9 Å². The molecule has 0 saturated carbocycles. The van der Waals surface area contributed by atoms with E-state index in [4.69, 9.17) is 10.5 Å². The molecule has 0 unspecified atom stereocenters. The van der Waals surface area contributed by atoms with Gasteiger partial charge in [-0.25, -0.2) is 9.79 Å². The number of pyridine rings is 1. The molecule has 3 amide bonds. The molecule has 1 aromatic rings. The van der Waals surface area contributed by atoms with Gasteiger partial charge in [-0.15, -0.1) is 0 Å². The number of methoxy groups -OCH3 is 1. The van der Waals surface area contributed by atoms with Crippen molar-refractivity contribution in [2.24, 2.45) is 10.7 Å². The number of nitrogens with one attached hydrogen (secondary N) is 1. The molecule has 0 aromatic carbocycles. The number of amides is 3. The summed E-state index contributed by atoms with van der Waals surface area (Å²) in [5.41, 5.74) is 7.94. The average Bonchev–Trinajstić information content (AvgIpc) is 2.57. The molecule has 0 saturated heterocycles. The van der Waals surface area contributed by atoms with Crippen LogP contribution < -0.4 is 11.1 Å². The van der Waals surface area contributed by atoms with Gasteiger partial charge in [-0.2, -0.15) is 0 Å². The molecule has 0 bridgehead atoms. The summed E-state index contributed by atoms with van der Waals surface area (Å²) in [6, 6.07) is 4.23. The molecule has 0 spiro atoms. The number of nitrogens with zero attached hydrogens (tertiary/aromatic N) is 3. The summed E-state index contributed by atoms with van der Waals surface area (Å²) in [6.07, 6.45) is 3.19. The number of rotatable bonds is 7. The van der Waals surface area contributed by atoms with E-state index in [0.717, 1.165) is 11.4 Å². The Kier molecular flexibility index (Phi) is 8.28. The van der Waals surface area contributed by atoms with Crippen LogP contribution in [0.2, 0.25) is 0 Å². The van der Waals surface area contributed by atoms with Gasteiger partial charge in [0.15, 0.2) is 0 Å². The van der Waals surface area contributed by atoms with Crippen LogP contribution in [0.4, 0.5) is 4.79 Å². The minimum atomic E-state index is -0.798. The third-order valence-electron chi connectivity index (χ3n) is 3.26. The highest BCUT2D eigenvalue weighted by molar-refractivity contribution is 5.93. The number of nitrogens with two attached hydrogens (primary N) is 1. The Labute approximate surface area is 147 Å². The first-order chi connectivity index (χ1) is 11.9. The Balaban J connectivity index is 2.70. The normalized spacial score (nSPS) is 12.9. The quantitative estimate of drug-likeness (QED) is 0.704. The first-order valence-electron chi connectivity index (χ1n) is 7.75. The summed E-state index contributed by atoms with van der Waals surface area (Å²) < 4.78 is 4.96. The lowest BCUT2D eigenvalue weighted by molar-refractivity contribution is -0.131. The molecule has 1 rings (SSSR count). The number of hydrogen-bond donors (Lipinski definition) is 2. The zero-order valence-corrected chi connectivity index (χ0v) is 15.0. The smallest absolute Gasteiger partial charge is 0.341 e. The molecule has 136 valence electrons. The van der Waals surface area contributed by atoms with Crippen molar-refractivity contribution >= 4 is 18.2 Å². The van der Waals surface area contributed by atoms with E-state index in [0.29, 0.717) is 12.0 Å². The molecule has 8 heteroatoms. The number of allylic oxidation sites excluding steroid dienone is 1. The van der Waals surface area contributed by atoms with Crippen LogP contribution in [-0.2, 0) is 16.0 Å². The Morgan fingerprint density at radius 2 is 2.16 bits per heavy atom. The number of carbonyl (C=O) groups excluding carboxylic acids is 2. The molecule has 1 aromatic heterocycles. The van der Waals surface area contributed by atoms with Crippen molar-refractivity contribution in [1.29, 1.82) is 0 Å². The summed E-state index contributed by atoms with van der Waals surface area (Å²) in [6.45, 7) is 1.96. The molecule has 8 nitrogen and oxygen atoms in total. The molecule has 0 radical (unpaired) electrons. The van der Waals surface area contributed by atoms with Crippen molar-refractivity contribution in [1.82, 2.24) is 15.2 Å². The molecule has 0 fully saturated rings. The van der Waals surface area contributed by atoms with Crippen LogP contribution in [0.5, 0.6) is 0 Å². The third kappa shape index (κ3) is 7.13. The summed E-state index contributed by atoms with van der Waals surface area (Å²) in [5, 5.41) is 2.51. The van der Waals surface area contributed by atoms with Crippen LogP contribution in [0.3, 0.4) is 0 Å². The largest absolute Gasteiger partial charge is 0.404 e. The fraction of sp³-hybridized carbons (Fsp3) is 0.412. The molecule has 3 N–H and O–H groups in total. The van der Waals surface area contributed by atoms with Gasteiger partial charge < -0.3 is 20.7 Å². The highest BCUT2D eigenvalue weighted by Gasteiger charge is 2.21. The van der Waals surface area contributed by atoms with Gasteiger partial charge >= 0.3 is 6.03 Å². The van der Waals surface area contributed by atoms with Crippen LogP contribution in [0.15, 0.2) is 35.0 Å². The maximum atomic E-state index is 12.0. The van der Waals surface area contributed by atoms with E-state index in [1.54, 1.807) is 14.1 Å². The summed E-state index contributed by atoms with van der Waals surface area (Å²) in [4.78, 5) is 33.5. The lowest BCUT2D eigenvalue weighted by Gasteiger charge is -2.19. The molecule has 1 heterocycles. The SMILES string of the molecule is COC[C@H](NC(=O)/N=C/C(=C\N)Cc1cccc(C)n1)C(=O)N(C)C. The van der Waals surface area contributed by atoms with Gasteiger partial charge in [0, 0.05) is 45.2 Å². The average molecular weight is 347 g/mol. The van der Waals surface area contributed by atoms with Gasteiger partial charge in [0.05, 0.1) is 6.61 Å². The Bertz CT molecular complexity index is 655. The van der Waals surface area contributed by atoms with E-state index in [-0.39, 0.29) is 12.5 Å². The fourth-order valence-corrected chi connectivity index (χ4v) is 2.04. The molecular weight excluding hydrogens is 322 g/mol. The second kappa shape index (κ2) is 10.2. The lowest BCUT2D eigenvalue weighted by Crippen LogP contribution is -2.48. The van der Waals surface area contributed by atoms with E-state index in [9.17, 15) is 9.59 Å². The summed E-state index contributed by atoms with van der Waals surface area (Å²) in [5.74, 6) is -0.274. The lowest BCUT2D eigenvalue weighted by atomic mass is 10.1. The predicted octanol–water partition coefficient (Wildman–Crippen LogP) is 0.659. The molecular formula is C17H25N5O3. The van der Waals surface area contributed by atoms with Crippen LogP contribution in [0.1, 0.15) is 11.4 Å². The molecule has 0 aliphatic carbocycles. The van der Waals surface area contributed by atoms with Crippen LogP contribution in [0.25, 0.3) is 0 Å². The summed E-state index contributed by atoms with van der Waals surface area (Å²) >= 11 is 0. The van der Waals surface area contributed by atoms with Gasteiger partial charge in [0.25, 0.3) is 0 Å². The Morgan fingerprint density at radius 3 is 2.72 bits per heavy atom. The van der Waals surface area contributed by atoms with Gasteiger partial charge in [-0.05, 0) is 30.8 Å². The Morgan fingerprint density at radius 1 is 1.44 bits per heavy atom. The van der Waals surface area contributed by atoms with E-state index in [1.807, 2.05) is 25.1 Å². The maximum Gasteiger partial charge on any atom is 0.341 e. The van der Waals surface area contributed by atoms with Crippen molar-refractivity contribution in [2.45, 2.75) is 19.4 Å². The summed E-state index contributed by atoms with van der Waals surface area (Å²) in [7, 11) is 4.66. The van der Waals surface area contributed by atoms with Crippen LogP contribution >= 0.6 is 0 Å². The van der Waals surface area contributed by atoms with E-state index < -0.39 is 12.1 Å². The van der Waals surface area contributed by atoms with Gasteiger partial charge in [0.2, 0.25) is 5.91 Å². The van der Waals surface area contributed by atoms with Crippen molar-refractivity contribution in [3.63, 3.8) is 0 Å². The number of urea groups is 1. The number of likely N-dealkylation sites (N-methyl/N-ethyl adjacent to an activating group) is 1. The minimum absolute atomic E-state index is 0.0606.